The number of hydrogen-bond donors (Lipinski definition) is 2. The number of amides is 2. The third-order valence-electron chi connectivity index (χ3n) is 6.30. The van der Waals surface area contributed by atoms with Crippen molar-refractivity contribution in [3.8, 4) is 5.75 Å². The Hall–Kier alpha value is -3.69. The molecule has 0 saturated carbocycles. The fourth-order valence-electron chi connectivity index (χ4n) is 4.21. The second kappa shape index (κ2) is 12.9. The summed E-state index contributed by atoms with van der Waals surface area (Å²) in [6.07, 6.45) is 3.29. The van der Waals surface area contributed by atoms with Crippen LogP contribution in [0.3, 0.4) is 0 Å². The quantitative estimate of drug-likeness (QED) is 0.191. The highest BCUT2D eigenvalue weighted by molar-refractivity contribution is 7.17. The average molecular weight is 568 g/mol. The normalized spacial score (nSPS) is 15.3. The summed E-state index contributed by atoms with van der Waals surface area (Å²) in [7, 11) is 0. The molecule has 8 nitrogen and oxygen atoms in total. The first-order chi connectivity index (χ1) is 18.8. The van der Waals surface area contributed by atoms with Gasteiger partial charge in [0.15, 0.2) is 6.10 Å². The zero-order chi connectivity index (χ0) is 27.9. The number of carbonyl (C=O) groups excluding carboxylic acids is 3. The molecule has 4 rings (SSSR count). The Bertz CT molecular complexity index is 1390. The Labute approximate surface area is 236 Å². The standard InChI is InChI=1S/C29H30ClN3O5S/c1-4-37-29(36)25-22-14-9-17(2)15-24(22)39-28(25)32-27(35)19-10-12-21(13-11-19)38-18(3)26(34)33-31-16-20-7-5-6-8-23(20)30/h5-8,10-13,16-18H,4,9,14-15H2,1-3H3,(H,32,35)(H,33,34)/b31-16-/t17-,18-/m0/s1. The van der Waals surface area contributed by atoms with Gasteiger partial charge in [0.05, 0.1) is 18.4 Å². The summed E-state index contributed by atoms with van der Waals surface area (Å²) in [6, 6.07) is 13.6. The Kier molecular flexibility index (Phi) is 9.37. The number of carbonyl (C=O) groups is 3. The van der Waals surface area contributed by atoms with Crippen LogP contribution in [0.5, 0.6) is 5.75 Å². The van der Waals surface area contributed by atoms with Gasteiger partial charge in [-0.3, -0.25) is 9.59 Å². The Morgan fingerprint density at radius 2 is 1.92 bits per heavy atom. The number of nitrogens with one attached hydrogen (secondary N) is 2. The maximum atomic E-state index is 13.0. The molecule has 0 aliphatic heterocycles. The van der Waals surface area contributed by atoms with Crippen LogP contribution in [0.25, 0.3) is 0 Å². The number of hydrogen-bond acceptors (Lipinski definition) is 7. The van der Waals surface area contributed by atoms with Crippen molar-refractivity contribution in [2.75, 3.05) is 11.9 Å². The highest BCUT2D eigenvalue weighted by Gasteiger charge is 2.29. The summed E-state index contributed by atoms with van der Waals surface area (Å²) in [5.74, 6) is -0.258. The number of benzene rings is 2. The van der Waals surface area contributed by atoms with Crippen LogP contribution < -0.4 is 15.5 Å². The summed E-state index contributed by atoms with van der Waals surface area (Å²) in [5, 5.41) is 7.87. The molecule has 1 aromatic heterocycles. The van der Waals surface area contributed by atoms with Crippen molar-refractivity contribution in [3.63, 3.8) is 0 Å². The zero-order valence-electron chi connectivity index (χ0n) is 22.0. The van der Waals surface area contributed by atoms with Gasteiger partial charge in [0.1, 0.15) is 10.8 Å². The van der Waals surface area contributed by atoms with E-state index in [0.29, 0.717) is 38.4 Å². The van der Waals surface area contributed by atoms with Gasteiger partial charge in [0, 0.05) is 21.0 Å². The molecule has 1 aliphatic rings. The topological polar surface area (TPSA) is 106 Å². The van der Waals surface area contributed by atoms with Gasteiger partial charge in [0.2, 0.25) is 0 Å². The molecular formula is C29H30ClN3O5S. The summed E-state index contributed by atoms with van der Waals surface area (Å²) in [5.41, 5.74) is 4.94. The second-order valence-corrected chi connectivity index (χ2v) is 10.8. The molecule has 0 bridgehead atoms. The first-order valence-corrected chi connectivity index (χ1v) is 13.9. The van der Waals surface area contributed by atoms with Crippen LogP contribution >= 0.6 is 22.9 Å². The van der Waals surface area contributed by atoms with Gasteiger partial charge in [-0.25, -0.2) is 10.2 Å². The molecule has 2 N–H and O–H groups in total. The number of rotatable bonds is 9. The van der Waals surface area contributed by atoms with E-state index in [-0.39, 0.29) is 12.5 Å². The predicted octanol–water partition coefficient (Wildman–Crippen LogP) is 5.87. The van der Waals surface area contributed by atoms with Crippen molar-refractivity contribution in [2.24, 2.45) is 11.0 Å². The average Bonchev–Trinajstić information content (AvgIpc) is 3.26. The van der Waals surface area contributed by atoms with Crippen molar-refractivity contribution < 1.29 is 23.9 Å². The molecule has 0 spiro atoms. The fraction of sp³-hybridized carbons (Fsp3) is 0.310. The van der Waals surface area contributed by atoms with Crippen molar-refractivity contribution in [3.05, 3.63) is 80.7 Å². The molecule has 0 radical (unpaired) electrons. The highest BCUT2D eigenvalue weighted by atomic mass is 35.5. The second-order valence-electron chi connectivity index (χ2n) is 9.27. The minimum Gasteiger partial charge on any atom is -0.481 e. The molecule has 204 valence electrons. The van der Waals surface area contributed by atoms with E-state index in [0.717, 1.165) is 29.7 Å². The molecule has 2 amide bonds. The molecule has 1 heterocycles. The smallest absolute Gasteiger partial charge is 0.341 e. The lowest BCUT2D eigenvalue weighted by atomic mass is 9.88. The van der Waals surface area contributed by atoms with E-state index in [4.69, 9.17) is 21.1 Å². The Morgan fingerprint density at radius 1 is 1.18 bits per heavy atom. The first-order valence-electron chi connectivity index (χ1n) is 12.7. The van der Waals surface area contributed by atoms with Gasteiger partial charge in [-0.05, 0) is 74.9 Å². The van der Waals surface area contributed by atoms with Crippen molar-refractivity contribution in [1.29, 1.82) is 0 Å². The molecule has 0 unspecified atom stereocenters. The fourth-order valence-corrected chi connectivity index (χ4v) is 5.79. The van der Waals surface area contributed by atoms with Crippen molar-refractivity contribution in [1.82, 2.24) is 5.43 Å². The van der Waals surface area contributed by atoms with E-state index in [1.165, 1.54) is 17.6 Å². The van der Waals surface area contributed by atoms with Gasteiger partial charge in [-0.15, -0.1) is 11.3 Å². The lowest BCUT2D eigenvalue weighted by molar-refractivity contribution is -0.127. The largest absolute Gasteiger partial charge is 0.481 e. The zero-order valence-corrected chi connectivity index (χ0v) is 23.5. The van der Waals surface area contributed by atoms with Gasteiger partial charge in [-0.2, -0.15) is 5.10 Å². The molecule has 2 atom stereocenters. The predicted molar refractivity (Wildman–Crippen MR) is 153 cm³/mol. The number of halogens is 1. The molecule has 3 aromatic rings. The van der Waals surface area contributed by atoms with Crippen LogP contribution in [0.15, 0.2) is 53.6 Å². The van der Waals surface area contributed by atoms with Crippen LogP contribution in [0, 0.1) is 5.92 Å². The van der Waals surface area contributed by atoms with Crippen LogP contribution in [0.1, 0.15) is 63.9 Å². The molecule has 1 aliphatic carbocycles. The number of fused-ring (bicyclic) bond motifs is 1. The Morgan fingerprint density at radius 3 is 2.64 bits per heavy atom. The van der Waals surface area contributed by atoms with E-state index in [2.05, 4.69) is 22.8 Å². The van der Waals surface area contributed by atoms with Gasteiger partial charge in [0.25, 0.3) is 11.8 Å². The van der Waals surface area contributed by atoms with E-state index in [9.17, 15) is 14.4 Å². The van der Waals surface area contributed by atoms with E-state index in [1.54, 1.807) is 56.3 Å². The summed E-state index contributed by atoms with van der Waals surface area (Å²) in [4.78, 5) is 39.2. The number of esters is 1. The molecule has 0 fully saturated rings. The molecule has 10 heteroatoms. The summed E-state index contributed by atoms with van der Waals surface area (Å²) >= 11 is 7.52. The minimum atomic E-state index is -0.833. The maximum Gasteiger partial charge on any atom is 0.341 e. The van der Waals surface area contributed by atoms with Gasteiger partial charge >= 0.3 is 5.97 Å². The van der Waals surface area contributed by atoms with E-state index >= 15 is 0 Å². The molecule has 0 saturated heterocycles. The van der Waals surface area contributed by atoms with Crippen molar-refractivity contribution in [2.45, 2.75) is 46.1 Å². The Balaban J connectivity index is 1.38. The summed E-state index contributed by atoms with van der Waals surface area (Å²) < 4.78 is 11.0. The van der Waals surface area contributed by atoms with Gasteiger partial charge < -0.3 is 14.8 Å². The SMILES string of the molecule is CCOC(=O)c1c(NC(=O)c2ccc(O[C@@H](C)C(=O)N/N=C\c3ccccc3Cl)cc2)sc2c1CC[C@H](C)C2. The minimum absolute atomic E-state index is 0.263. The van der Waals surface area contributed by atoms with Crippen LogP contribution in [-0.4, -0.2) is 36.7 Å². The van der Waals surface area contributed by atoms with Crippen molar-refractivity contribution >= 4 is 51.9 Å². The highest BCUT2D eigenvalue weighted by Crippen LogP contribution is 2.40. The first kappa shape index (κ1) is 28.3. The third-order valence-corrected chi connectivity index (χ3v) is 7.81. The number of nitrogens with zero attached hydrogens (tertiary/aromatic N) is 1. The van der Waals surface area contributed by atoms with E-state index in [1.807, 2.05) is 6.07 Å². The number of ether oxygens (including phenoxy) is 2. The molecule has 2 aromatic carbocycles. The van der Waals surface area contributed by atoms with E-state index < -0.39 is 18.0 Å². The lowest BCUT2D eigenvalue weighted by Gasteiger charge is -2.18. The summed E-state index contributed by atoms with van der Waals surface area (Å²) in [6.45, 7) is 5.81. The number of anilines is 1. The monoisotopic (exact) mass is 567 g/mol. The number of thiophene rings is 1. The van der Waals surface area contributed by atoms with Crippen LogP contribution in [0.4, 0.5) is 5.00 Å². The van der Waals surface area contributed by atoms with Crippen LogP contribution in [-0.2, 0) is 22.4 Å². The maximum absolute atomic E-state index is 13.0. The molecule has 39 heavy (non-hydrogen) atoms. The van der Waals surface area contributed by atoms with Gasteiger partial charge in [-0.1, -0.05) is 36.7 Å². The third kappa shape index (κ3) is 7.04. The lowest BCUT2D eigenvalue weighted by Crippen LogP contribution is -2.33. The molecular weight excluding hydrogens is 538 g/mol. The van der Waals surface area contributed by atoms with Crippen LogP contribution in [0.2, 0.25) is 5.02 Å². The number of hydrazone groups is 1.